The lowest BCUT2D eigenvalue weighted by Crippen LogP contribution is -2.28. The maximum Gasteiger partial charge on any atom is 0.134 e. The molecule has 1 aromatic rings. The van der Waals surface area contributed by atoms with Crippen molar-refractivity contribution < 1.29 is 0 Å². The van der Waals surface area contributed by atoms with E-state index >= 15 is 0 Å². The van der Waals surface area contributed by atoms with E-state index in [0.717, 1.165) is 41.2 Å². The second-order valence-corrected chi connectivity index (χ2v) is 6.84. The molecule has 0 bridgehead atoms. The minimum Gasteiger partial charge on any atom is -0.370 e. The molecule has 0 aliphatic heterocycles. The monoisotopic (exact) mass is 308 g/mol. The van der Waals surface area contributed by atoms with Crippen LogP contribution in [0, 0.1) is 6.92 Å². The normalized spacial score (nSPS) is 22.1. The maximum absolute atomic E-state index is 4.70. The Kier molecular flexibility index (Phi) is 6.15. The van der Waals surface area contributed by atoms with Gasteiger partial charge in [-0.3, -0.25) is 0 Å². The number of hydrogen-bond acceptors (Lipinski definition) is 5. The van der Waals surface area contributed by atoms with Gasteiger partial charge in [0, 0.05) is 29.8 Å². The molecule has 0 saturated heterocycles. The van der Waals surface area contributed by atoms with Gasteiger partial charge in [-0.1, -0.05) is 6.92 Å². The molecule has 0 atom stereocenters. The quantitative estimate of drug-likeness (QED) is 0.835. The van der Waals surface area contributed by atoms with Gasteiger partial charge in [0.25, 0.3) is 0 Å². The molecule has 1 aliphatic rings. The van der Waals surface area contributed by atoms with Crippen molar-refractivity contribution in [2.75, 3.05) is 23.4 Å². The molecule has 0 unspecified atom stereocenters. The van der Waals surface area contributed by atoms with Gasteiger partial charge < -0.3 is 10.6 Å². The van der Waals surface area contributed by atoms with E-state index < -0.39 is 0 Å². The van der Waals surface area contributed by atoms with Crippen molar-refractivity contribution in [2.24, 2.45) is 0 Å². The first-order chi connectivity index (χ1) is 10.2. The van der Waals surface area contributed by atoms with Gasteiger partial charge in [-0.05, 0) is 45.8 Å². The molecule has 118 valence electrons. The molecule has 5 heteroatoms. The smallest absolute Gasteiger partial charge is 0.134 e. The highest BCUT2D eigenvalue weighted by Crippen LogP contribution is 2.29. The first-order valence-corrected chi connectivity index (χ1v) is 9.37. The van der Waals surface area contributed by atoms with Crippen LogP contribution in [0.1, 0.15) is 50.9 Å². The van der Waals surface area contributed by atoms with Gasteiger partial charge in [0.05, 0.1) is 0 Å². The van der Waals surface area contributed by atoms with Crippen molar-refractivity contribution >= 4 is 23.4 Å². The Hall–Kier alpha value is -0.970. The molecule has 1 fully saturated rings. The number of aromatic nitrogens is 2. The fourth-order valence-electron chi connectivity index (χ4n) is 2.84. The van der Waals surface area contributed by atoms with Crippen molar-refractivity contribution in [2.45, 2.75) is 64.2 Å². The standard InChI is InChI=1S/C16H28N4S/c1-5-14-19-15(17-6-2)11(3)16(20-14)18-12-7-9-13(21-4)10-8-12/h12-13H,5-10H2,1-4H3,(H2,17,18,19,20). The van der Waals surface area contributed by atoms with Crippen molar-refractivity contribution in [1.82, 2.24) is 9.97 Å². The molecule has 2 rings (SSSR count). The number of rotatable bonds is 6. The Morgan fingerprint density at radius 2 is 1.76 bits per heavy atom. The third-order valence-electron chi connectivity index (χ3n) is 4.20. The average molecular weight is 308 g/mol. The van der Waals surface area contributed by atoms with Crippen LogP contribution in [0.25, 0.3) is 0 Å². The molecule has 1 heterocycles. The Balaban J connectivity index is 2.10. The lowest BCUT2D eigenvalue weighted by atomic mass is 9.95. The molecule has 4 nitrogen and oxygen atoms in total. The topological polar surface area (TPSA) is 49.8 Å². The number of nitrogens with zero attached hydrogens (tertiary/aromatic N) is 2. The molecule has 0 amide bonds. The summed E-state index contributed by atoms with van der Waals surface area (Å²) in [5, 5.41) is 7.86. The first-order valence-electron chi connectivity index (χ1n) is 8.08. The Bertz CT molecular complexity index is 456. The highest BCUT2D eigenvalue weighted by atomic mass is 32.2. The summed E-state index contributed by atoms with van der Waals surface area (Å²) in [6, 6.07) is 0.557. The summed E-state index contributed by atoms with van der Waals surface area (Å²) in [7, 11) is 0. The van der Waals surface area contributed by atoms with E-state index in [-0.39, 0.29) is 0 Å². The number of nitrogens with one attached hydrogen (secondary N) is 2. The van der Waals surface area contributed by atoms with Crippen molar-refractivity contribution in [3.8, 4) is 0 Å². The van der Waals surface area contributed by atoms with Crippen LogP contribution in [0.15, 0.2) is 0 Å². The molecular formula is C16H28N4S. The average Bonchev–Trinajstić information content (AvgIpc) is 2.52. The zero-order valence-corrected chi connectivity index (χ0v) is 14.5. The van der Waals surface area contributed by atoms with Crippen LogP contribution in [-0.4, -0.2) is 34.1 Å². The highest BCUT2D eigenvalue weighted by Gasteiger charge is 2.21. The van der Waals surface area contributed by atoms with Crippen LogP contribution in [0.5, 0.6) is 0 Å². The number of thioether (sulfide) groups is 1. The van der Waals surface area contributed by atoms with Gasteiger partial charge in [0.2, 0.25) is 0 Å². The van der Waals surface area contributed by atoms with E-state index in [1.54, 1.807) is 0 Å². The zero-order valence-electron chi connectivity index (χ0n) is 13.7. The van der Waals surface area contributed by atoms with E-state index in [9.17, 15) is 0 Å². The Morgan fingerprint density at radius 1 is 1.10 bits per heavy atom. The lowest BCUT2D eigenvalue weighted by molar-refractivity contribution is 0.472. The minimum absolute atomic E-state index is 0.557. The second kappa shape index (κ2) is 7.87. The molecule has 1 aliphatic carbocycles. The van der Waals surface area contributed by atoms with E-state index in [1.807, 2.05) is 11.8 Å². The van der Waals surface area contributed by atoms with Crippen LogP contribution in [0.2, 0.25) is 0 Å². The third kappa shape index (κ3) is 4.25. The molecule has 1 saturated carbocycles. The van der Waals surface area contributed by atoms with Gasteiger partial charge in [-0.2, -0.15) is 11.8 Å². The first kappa shape index (κ1) is 16.4. The Labute approximate surface area is 132 Å². The van der Waals surface area contributed by atoms with Gasteiger partial charge in [-0.25, -0.2) is 9.97 Å². The molecule has 0 spiro atoms. The van der Waals surface area contributed by atoms with Gasteiger partial charge in [-0.15, -0.1) is 0 Å². The predicted octanol–water partition coefficient (Wildman–Crippen LogP) is 3.87. The summed E-state index contributed by atoms with van der Waals surface area (Å²) in [5.41, 5.74) is 1.14. The van der Waals surface area contributed by atoms with Gasteiger partial charge in [0.1, 0.15) is 17.5 Å². The predicted molar refractivity (Wildman–Crippen MR) is 93.5 cm³/mol. The van der Waals surface area contributed by atoms with E-state index in [0.29, 0.717) is 6.04 Å². The highest BCUT2D eigenvalue weighted by molar-refractivity contribution is 7.99. The van der Waals surface area contributed by atoms with Crippen LogP contribution in [0.3, 0.4) is 0 Å². The van der Waals surface area contributed by atoms with Crippen molar-refractivity contribution in [3.63, 3.8) is 0 Å². The summed E-state index contributed by atoms with van der Waals surface area (Å²) in [6.07, 6.45) is 8.20. The number of anilines is 2. The van der Waals surface area contributed by atoms with Crippen LogP contribution < -0.4 is 10.6 Å². The van der Waals surface area contributed by atoms with Gasteiger partial charge >= 0.3 is 0 Å². The van der Waals surface area contributed by atoms with Crippen LogP contribution >= 0.6 is 11.8 Å². The fourth-order valence-corrected chi connectivity index (χ4v) is 3.58. The number of aryl methyl sites for hydroxylation is 1. The summed E-state index contributed by atoms with van der Waals surface area (Å²) >= 11 is 2.01. The molecule has 0 radical (unpaired) electrons. The summed E-state index contributed by atoms with van der Waals surface area (Å²) in [5.74, 6) is 2.91. The SMILES string of the molecule is CCNc1nc(CC)nc(NC2CCC(SC)CC2)c1C. The number of hydrogen-bond donors (Lipinski definition) is 2. The molecule has 1 aromatic heterocycles. The van der Waals surface area contributed by atoms with E-state index in [2.05, 4.69) is 42.6 Å². The third-order valence-corrected chi connectivity index (χ3v) is 5.34. The summed E-state index contributed by atoms with van der Waals surface area (Å²) < 4.78 is 0. The van der Waals surface area contributed by atoms with Crippen molar-refractivity contribution in [1.29, 1.82) is 0 Å². The molecule has 21 heavy (non-hydrogen) atoms. The van der Waals surface area contributed by atoms with Crippen LogP contribution in [-0.2, 0) is 6.42 Å². The van der Waals surface area contributed by atoms with E-state index in [1.165, 1.54) is 25.7 Å². The van der Waals surface area contributed by atoms with Crippen LogP contribution in [0.4, 0.5) is 11.6 Å². The van der Waals surface area contributed by atoms with Crippen molar-refractivity contribution in [3.05, 3.63) is 11.4 Å². The summed E-state index contributed by atoms with van der Waals surface area (Å²) in [4.78, 5) is 9.29. The molecular weight excluding hydrogens is 280 g/mol. The molecule has 2 N–H and O–H groups in total. The Morgan fingerprint density at radius 3 is 2.33 bits per heavy atom. The second-order valence-electron chi connectivity index (χ2n) is 5.70. The maximum atomic E-state index is 4.70. The minimum atomic E-state index is 0.557. The fraction of sp³-hybridized carbons (Fsp3) is 0.750. The largest absolute Gasteiger partial charge is 0.370 e. The summed E-state index contributed by atoms with van der Waals surface area (Å²) in [6.45, 7) is 7.20. The van der Waals surface area contributed by atoms with E-state index in [4.69, 9.17) is 4.98 Å². The molecule has 0 aromatic carbocycles. The van der Waals surface area contributed by atoms with Gasteiger partial charge in [0.15, 0.2) is 0 Å². The lowest BCUT2D eigenvalue weighted by Gasteiger charge is -2.29. The zero-order chi connectivity index (χ0) is 15.2.